The van der Waals surface area contributed by atoms with Crippen molar-refractivity contribution in [1.82, 2.24) is 5.32 Å². The summed E-state index contributed by atoms with van der Waals surface area (Å²) in [4.78, 5) is 10.7. The van der Waals surface area contributed by atoms with Crippen molar-refractivity contribution in [2.24, 2.45) is 0 Å². The second kappa shape index (κ2) is 8.49. The first-order valence-electron chi connectivity index (χ1n) is 8.91. The van der Waals surface area contributed by atoms with Gasteiger partial charge in [-0.3, -0.25) is 4.79 Å². The molecule has 0 aliphatic carbocycles. The van der Waals surface area contributed by atoms with Gasteiger partial charge in [0.25, 0.3) is 0 Å². The van der Waals surface area contributed by atoms with Crippen LogP contribution in [-0.2, 0) is 11.3 Å². The molecule has 3 rings (SSSR count). The number of benzene rings is 2. The zero-order chi connectivity index (χ0) is 19.2. The number of ether oxygens (including phenoxy) is 2. The molecule has 0 aromatic heterocycles. The van der Waals surface area contributed by atoms with Gasteiger partial charge in [0, 0.05) is 36.5 Å². The zero-order valence-corrected chi connectivity index (χ0v) is 15.4. The Morgan fingerprint density at radius 1 is 1.19 bits per heavy atom. The molecule has 6 nitrogen and oxygen atoms in total. The number of aliphatic carboxylic acids is 1. The molecule has 0 saturated carbocycles. The normalized spacial score (nSPS) is 11.9. The van der Waals surface area contributed by atoms with E-state index in [1.54, 1.807) is 0 Å². The van der Waals surface area contributed by atoms with Crippen LogP contribution in [0.2, 0.25) is 0 Å². The van der Waals surface area contributed by atoms with E-state index in [0.717, 1.165) is 39.6 Å². The molecular formula is C21H24N2O4. The number of rotatable bonds is 9. The summed E-state index contributed by atoms with van der Waals surface area (Å²) in [6.07, 6.45) is 0.720. The van der Waals surface area contributed by atoms with Crippen molar-refractivity contribution in [1.29, 1.82) is 0 Å². The summed E-state index contributed by atoms with van der Waals surface area (Å²) < 4.78 is 10.7. The predicted molar refractivity (Wildman–Crippen MR) is 105 cm³/mol. The van der Waals surface area contributed by atoms with Crippen LogP contribution in [0.4, 0.5) is 5.69 Å². The van der Waals surface area contributed by atoms with Gasteiger partial charge in [-0.1, -0.05) is 24.3 Å². The molecule has 0 atom stereocenters. The second-order valence-electron chi connectivity index (χ2n) is 6.49. The molecular weight excluding hydrogens is 344 g/mol. The zero-order valence-electron chi connectivity index (χ0n) is 15.4. The maximum Gasteiger partial charge on any atom is 0.303 e. The van der Waals surface area contributed by atoms with E-state index in [4.69, 9.17) is 14.6 Å². The van der Waals surface area contributed by atoms with Crippen molar-refractivity contribution in [2.75, 3.05) is 18.7 Å². The molecule has 0 spiro atoms. The van der Waals surface area contributed by atoms with Gasteiger partial charge in [0.1, 0.15) is 0 Å². The van der Waals surface area contributed by atoms with Gasteiger partial charge in [0.05, 0.1) is 0 Å². The van der Waals surface area contributed by atoms with Crippen LogP contribution >= 0.6 is 0 Å². The van der Waals surface area contributed by atoms with Gasteiger partial charge in [0.2, 0.25) is 6.79 Å². The second-order valence-corrected chi connectivity index (χ2v) is 6.49. The Hall–Kier alpha value is -3.15. The quantitative estimate of drug-likeness (QED) is 0.585. The maximum absolute atomic E-state index is 10.7. The molecule has 1 heterocycles. The Bertz CT molecular complexity index is 848. The monoisotopic (exact) mass is 368 g/mol. The third kappa shape index (κ3) is 4.94. The SMILES string of the molecule is C=C(NCc1ccc2c(c1)OCO2)c1cc(C)ccc1NCCCC(=O)O. The molecule has 2 aromatic rings. The number of hydrogen-bond donors (Lipinski definition) is 3. The number of aryl methyl sites for hydroxylation is 1. The van der Waals surface area contributed by atoms with Crippen molar-refractivity contribution in [2.45, 2.75) is 26.3 Å². The minimum absolute atomic E-state index is 0.150. The molecule has 1 aliphatic heterocycles. The first kappa shape index (κ1) is 18.6. The fraction of sp³-hybridized carbons (Fsp3) is 0.286. The lowest BCUT2D eigenvalue weighted by Crippen LogP contribution is -2.13. The van der Waals surface area contributed by atoms with Gasteiger partial charge in [-0.25, -0.2) is 0 Å². The van der Waals surface area contributed by atoms with Crippen molar-refractivity contribution < 1.29 is 19.4 Å². The Kier molecular flexibility index (Phi) is 5.86. The van der Waals surface area contributed by atoms with Gasteiger partial charge < -0.3 is 25.2 Å². The van der Waals surface area contributed by atoms with Crippen LogP contribution < -0.4 is 20.1 Å². The smallest absolute Gasteiger partial charge is 0.303 e. The molecule has 0 saturated heterocycles. The van der Waals surface area contributed by atoms with Crippen molar-refractivity contribution in [3.05, 3.63) is 59.7 Å². The topological polar surface area (TPSA) is 79.8 Å². The molecule has 27 heavy (non-hydrogen) atoms. The van der Waals surface area contributed by atoms with Crippen LogP contribution in [-0.4, -0.2) is 24.4 Å². The molecule has 3 N–H and O–H groups in total. The van der Waals surface area contributed by atoms with Crippen molar-refractivity contribution in [3.8, 4) is 11.5 Å². The Morgan fingerprint density at radius 3 is 2.81 bits per heavy atom. The van der Waals surface area contributed by atoms with Gasteiger partial charge in [-0.2, -0.15) is 0 Å². The molecule has 0 fully saturated rings. The van der Waals surface area contributed by atoms with Crippen molar-refractivity contribution >= 4 is 17.4 Å². The fourth-order valence-corrected chi connectivity index (χ4v) is 2.88. The largest absolute Gasteiger partial charge is 0.481 e. The number of hydrogen-bond acceptors (Lipinski definition) is 5. The van der Waals surface area contributed by atoms with E-state index in [-0.39, 0.29) is 13.2 Å². The molecule has 0 amide bonds. The number of anilines is 1. The van der Waals surface area contributed by atoms with Gasteiger partial charge >= 0.3 is 5.97 Å². The standard InChI is InChI=1S/C21H24N2O4/c1-14-5-7-18(22-9-3-4-21(24)25)17(10-14)15(2)23-12-16-6-8-19-20(11-16)27-13-26-19/h5-8,10-11,22-23H,2-4,9,12-13H2,1H3,(H,24,25). The lowest BCUT2D eigenvalue weighted by molar-refractivity contribution is -0.137. The summed E-state index contributed by atoms with van der Waals surface area (Å²) in [5.74, 6) is 0.746. The summed E-state index contributed by atoms with van der Waals surface area (Å²) >= 11 is 0. The van der Waals surface area contributed by atoms with E-state index in [0.29, 0.717) is 19.5 Å². The average molecular weight is 368 g/mol. The van der Waals surface area contributed by atoms with E-state index in [1.807, 2.05) is 37.3 Å². The third-order valence-corrected chi connectivity index (χ3v) is 4.33. The maximum atomic E-state index is 10.7. The van der Waals surface area contributed by atoms with Crippen molar-refractivity contribution in [3.63, 3.8) is 0 Å². The first-order chi connectivity index (χ1) is 13.0. The minimum atomic E-state index is -0.782. The predicted octanol–water partition coefficient (Wildman–Crippen LogP) is 3.76. The van der Waals surface area contributed by atoms with E-state index < -0.39 is 5.97 Å². The molecule has 0 radical (unpaired) electrons. The molecule has 0 bridgehead atoms. The summed E-state index contributed by atoms with van der Waals surface area (Å²) in [5.41, 5.74) is 4.92. The molecule has 142 valence electrons. The number of nitrogens with one attached hydrogen (secondary N) is 2. The first-order valence-corrected chi connectivity index (χ1v) is 8.91. The summed E-state index contributed by atoms with van der Waals surface area (Å²) in [5, 5.41) is 15.4. The van der Waals surface area contributed by atoms with Gasteiger partial charge in [0.15, 0.2) is 11.5 Å². The van der Waals surface area contributed by atoms with E-state index >= 15 is 0 Å². The number of carboxylic acids is 1. The molecule has 6 heteroatoms. The number of fused-ring (bicyclic) bond motifs is 1. The fourth-order valence-electron chi connectivity index (χ4n) is 2.88. The van der Waals surface area contributed by atoms with Crippen LogP contribution in [0.5, 0.6) is 11.5 Å². The third-order valence-electron chi connectivity index (χ3n) is 4.33. The van der Waals surface area contributed by atoms with Gasteiger partial charge in [-0.05, 0) is 43.2 Å². The minimum Gasteiger partial charge on any atom is -0.481 e. The number of carbonyl (C=O) groups is 1. The van der Waals surface area contributed by atoms with Crippen LogP contribution in [0.25, 0.3) is 5.70 Å². The van der Waals surface area contributed by atoms with Gasteiger partial charge in [-0.15, -0.1) is 0 Å². The van der Waals surface area contributed by atoms with Crippen LogP contribution in [0, 0.1) is 6.92 Å². The summed E-state index contributed by atoms with van der Waals surface area (Å²) in [7, 11) is 0. The van der Waals surface area contributed by atoms with Crippen LogP contribution in [0.3, 0.4) is 0 Å². The molecule has 2 aromatic carbocycles. The van der Waals surface area contributed by atoms with E-state index in [1.165, 1.54) is 0 Å². The van der Waals surface area contributed by atoms with E-state index in [2.05, 4.69) is 23.3 Å². The number of carboxylic acid groups (broad SMARTS) is 1. The molecule has 1 aliphatic rings. The lowest BCUT2D eigenvalue weighted by Gasteiger charge is -2.16. The summed E-state index contributed by atoms with van der Waals surface area (Å²) in [6.45, 7) is 7.67. The summed E-state index contributed by atoms with van der Waals surface area (Å²) in [6, 6.07) is 11.9. The van der Waals surface area contributed by atoms with Crippen LogP contribution in [0.15, 0.2) is 43.0 Å². The lowest BCUT2D eigenvalue weighted by atomic mass is 10.1. The van der Waals surface area contributed by atoms with E-state index in [9.17, 15) is 4.79 Å². The highest BCUT2D eigenvalue weighted by molar-refractivity contribution is 5.74. The van der Waals surface area contributed by atoms with Crippen LogP contribution in [0.1, 0.15) is 29.5 Å². The Balaban J connectivity index is 1.63. The highest BCUT2D eigenvalue weighted by atomic mass is 16.7. The highest BCUT2D eigenvalue weighted by Crippen LogP contribution is 2.32. The highest BCUT2D eigenvalue weighted by Gasteiger charge is 2.13. The Labute approximate surface area is 158 Å². The Morgan fingerprint density at radius 2 is 2.00 bits per heavy atom. The average Bonchev–Trinajstić information content (AvgIpc) is 3.11. The molecule has 0 unspecified atom stereocenters.